The second kappa shape index (κ2) is 9.40. The van der Waals surface area contributed by atoms with Crippen molar-refractivity contribution in [3.63, 3.8) is 0 Å². The number of ether oxygens (including phenoxy) is 1. The smallest absolute Gasteiger partial charge is 0.332 e. The minimum Gasteiger partial charge on any atom is -0.495 e. The first-order valence-electron chi connectivity index (χ1n) is 12.7. The summed E-state index contributed by atoms with van der Waals surface area (Å²) in [6.07, 6.45) is 5.49. The van der Waals surface area contributed by atoms with Crippen molar-refractivity contribution in [2.75, 3.05) is 26.7 Å². The number of aromatic nitrogens is 5. The van der Waals surface area contributed by atoms with Gasteiger partial charge in [-0.05, 0) is 38.1 Å². The quantitative estimate of drug-likeness (QED) is 0.359. The molecule has 0 aliphatic carbocycles. The molecule has 0 saturated carbocycles. The summed E-state index contributed by atoms with van der Waals surface area (Å²) in [5.41, 5.74) is 2.72. The number of likely N-dealkylation sites (tertiary alicyclic amines) is 1. The van der Waals surface area contributed by atoms with Crippen molar-refractivity contribution in [3.05, 3.63) is 81.6 Å². The van der Waals surface area contributed by atoms with Crippen LogP contribution in [0.3, 0.4) is 0 Å². The van der Waals surface area contributed by atoms with Gasteiger partial charge in [0.25, 0.3) is 5.56 Å². The minimum atomic E-state index is -0.345. The number of nitrogens with zero attached hydrogens (tertiary/aromatic N) is 6. The van der Waals surface area contributed by atoms with Gasteiger partial charge in [-0.15, -0.1) is 0 Å². The van der Waals surface area contributed by atoms with Crippen LogP contribution in [-0.2, 0) is 13.6 Å². The molecule has 0 radical (unpaired) electrons. The highest BCUT2D eigenvalue weighted by molar-refractivity contribution is 5.80. The molecule has 6 rings (SSSR count). The van der Waals surface area contributed by atoms with Crippen molar-refractivity contribution < 1.29 is 4.74 Å². The maximum absolute atomic E-state index is 13.8. The Hall–Kier alpha value is -4.11. The first-order chi connectivity index (χ1) is 18.1. The fourth-order valence-electron chi connectivity index (χ4n) is 5.38. The predicted octanol–water partition coefficient (Wildman–Crippen LogP) is 3.30. The van der Waals surface area contributed by atoms with Crippen LogP contribution in [0.1, 0.15) is 19.3 Å². The molecule has 4 heterocycles. The third-order valence-corrected chi connectivity index (χ3v) is 7.33. The van der Waals surface area contributed by atoms with Crippen LogP contribution in [-0.4, -0.2) is 54.7 Å². The van der Waals surface area contributed by atoms with Crippen molar-refractivity contribution >= 4 is 16.9 Å². The molecule has 2 aromatic carbocycles. The predicted molar refractivity (Wildman–Crippen MR) is 144 cm³/mol. The van der Waals surface area contributed by atoms with E-state index in [1.165, 1.54) is 15.6 Å². The lowest BCUT2D eigenvalue weighted by Gasteiger charge is -2.26. The van der Waals surface area contributed by atoms with Gasteiger partial charge >= 0.3 is 5.69 Å². The number of aryl methyl sites for hydroxylation is 1. The Labute approximate surface area is 213 Å². The summed E-state index contributed by atoms with van der Waals surface area (Å²) < 4.78 is 12.3. The summed E-state index contributed by atoms with van der Waals surface area (Å²) in [5.74, 6) is 1.22. The zero-order chi connectivity index (χ0) is 25.5. The number of rotatable bonds is 6. The van der Waals surface area contributed by atoms with E-state index in [1.807, 2.05) is 69.8 Å². The van der Waals surface area contributed by atoms with Gasteiger partial charge in [0.15, 0.2) is 11.2 Å². The van der Waals surface area contributed by atoms with Crippen LogP contribution >= 0.6 is 0 Å². The van der Waals surface area contributed by atoms with Gasteiger partial charge in [-0.2, -0.15) is 4.98 Å². The molecule has 1 saturated heterocycles. The van der Waals surface area contributed by atoms with Gasteiger partial charge in [-0.1, -0.05) is 48.9 Å². The minimum absolute atomic E-state index is 0.320. The molecule has 0 amide bonds. The molecule has 0 bridgehead atoms. The molecular weight excluding hydrogens is 468 g/mol. The molecule has 9 nitrogen and oxygen atoms in total. The standard InChI is InChI=1S/C28H30N6O3/c1-30-25-24(26(35)32(28(30)36)18-17-31-15-9-4-10-16-31)33-19-22(20-11-5-3-6-12-20)34(27(33)29-25)21-13-7-8-14-23(21)37-2/h3,5-8,11-14,19H,4,9-10,15-18H2,1-2H3. The Balaban J connectivity index is 1.60. The van der Waals surface area contributed by atoms with E-state index in [2.05, 4.69) is 4.90 Å². The Bertz CT molecular complexity index is 1700. The van der Waals surface area contributed by atoms with Gasteiger partial charge in [-0.25, -0.2) is 4.79 Å². The molecule has 190 valence electrons. The monoisotopic (exact) mass is 498 g/mol. The molecule has 1 fully saturated rings. The summed E-state index contributed by atoms with van der Waals surface area (Å²) >= 11 is 0. The first-order valence-corrected chi connectivity index (χ1v) is 12.7. The average Bonchev–Trinajstić information content (AvgIpc) is 3.49. The van der Waals surface area contributed by atoms with Crippen LogP contribution in [0.5, 0.6) is 5.75 Å². The Morgan fingerprint density at radius 3 is 2.41 bits per heavy atom. The van der Waals surface area contributed by atoms with Crippen molar-refractivity contribution in [1.82, 2.24) is 28.0 Å². The zero-order valence-electron chi connectivity index (χ0n) is 21.1. The van der Waals surface area contributed by atoms with E-state index in [1.54, 1.807) is 14.2 Å². The summed E-state index contributed by atoms with van der Waals surface area (Å²) in [7, 11) is 3.31. The van der Waals surface area contributed by atoms with E-state index in [-0.39, 0.29) is 11.2 Å². The number of hydrogen-bond donors (Lipinski definition) is 0. The van der Waals surface area contributed by atoms with Gasteiger partial charge in [0.2, 0.25) is 5.78 Å². The van der Waals surface area contributed by atoms with Gasteiger partial charge in [0.1, 0.15) is 5.75 Å². The van der Waals surface area contributed by atoms with Crippen LogP contribution in [0.25, 0.3) is 33.9 Å². The molecule has 0 atom stereocenters. The topological polar surface area (TPSA) is 78.7 Å². The van der Waals surface area contributed by atoms with E-state index < -0.39 is 0 Å². The Kier molecular flexibility index (Phi) is 5.92. The highest BCUT2D eigenvalue weighted by Crippen LogP contribution is 2.32. The largest absolute Gasteiger partial charge is 0.495 e. The molecule has 9 heteroatoms. The zero-order valence-corrected chi connectivity index (χ0v) is 21.1. The maximum atomic E-state index is 13.8. The first kappa shape index (κ1) is 23.3. The van der Waals surface area contributed by atoms with Crippen LogP contribution in [0.4, 0.5) is 0 Å². The SMILES string of the molecule is COc1ccccc1-n1c(-c2ccccc2)cn2c3c(=O)n(CCN4CCCCC4)c(=O)n(C)c3nc12. The third-order valence-electron chi connectivity index (χ3n) is 7.33. The molecule has 0 N–H and O–H groups in total. The van der Waals surface area contributed by atoms with E-state index in [9.17, 15) is 9.59 Å². The summed E-state index contributed by atoms with van der Waals surface area (Å²) in [6, 6.07) is 17.7. The summed E-state index contributed by atoms with van der Waals surface area (Å²) in [5, 5.41) is 0. The molecule has 1 aliphatic heterocycles. The fraction of sp³-hybridized carbons (Fsp3) is 0.321. The van der Waals surface area contributed by atoms with Gasteiger partial charge < -0.3 is 9.64 Å². The van der Waals surface area contributed by atoms with E-state index in [0.717, 1.165) is 42.9 Å². The number of imidazole rings is 2. The lowest BCUT2D eigenvalue weighted by Crippen LogP contribution is -2.43. The van der Waals surface area contributed by atoms with Crippen LogP contribution in [0.15, 0.2) is 70.4 Å². The molecule has 1 aliphatic rings. The highest BCUT2D eigenvalue weighted by Gasteiger charge is 2.24. The summed E-state index contributed by atoms with van der Waals surface area (Å²) in [6.45, 7) is 3.06. The second-order valence-electron chi connectivity index (χ2n) is 9.54. The van der Waals surface area contributed by atoms with E-state index in [4.69, 9.17) is 9.72 Å². The second-order valence-corrected chi connectivity index (χ2v) is 9.54. The lowest BCUT2D eigenvalue weighted by atomic mass is 10.1. The van der Waals surface area contributed by atoms with Gasteiger partial charge in [0, 0.05) is 31.9 Å². The lowest BCUT2D eigenvalue weighted by molar-refractivity contribution is 0.218. The van der Waals surface area contributed by atoms with Crippen molar-refractivity contribution in [3.8, 4) is 22.7 Å². The molecule has 0 spiro atoms. The van der Waals surface area contributed by atoms with Crippen molar-refractivity contribution in [2.45, 2.75) is 25.8 Å². The maximum Gasteiger partial charge on any atom is 0.332 e. The molecule has 37 heavy (non-hydrogen) atoms. The number of piperidine rings is 1. The highest BCUT2D eigenvalue weighted by atomic mass is 16.5. The van der Waals surface area contributed by atoms with Gasteiger partial charge in [-0.3, -0.25) is 22.9 Å². The van der Waals surface area contributed by atoms with E-state index >= 15 is 0 Å². The Morgan fingerprint density at radius 2 is 1.65 bits per heavy atom. The van der Waals surface area contributed by atoms with Gasteiger partial charge in [0.05, 0.1) is 18.5 Å². The molecule has 3 aromatic heterocycles. The number of benzene rings is 2. The van der Waals surface area contributed by atoms with Crippen LogP contribution in [0.2, 0.25) is 0 Å². The average molecular weight is 499 g/mol. The number of hydrogen-bond acceptors (Lipinski definition) is 5. The number of para-hydroxylation sites is 2. The van der Waals surface area contributed by atoms with Crippen molar-refractivity contribution in [2.24, 2.45) is 7.05 Å². The summed E-state index contributed by atoms with van der Waals surface area (Å²) in [4.78, 5) is 34.2. The van der Waals surface area contributed by atoms with Crippen LogP contribution < -0.4 is 16.0 Å². The normalized spacial score (nSPS) is 14.5. The van der Waals surface area contributed by atoms with Crippen LogP contribution in [0, 0.1) is 0 Å². The molecule has 5 aromatic rings. The van der Waals surface area contributed by atoms with E-state index in [0.29, 0.717) is 35.8 Å². The number of methoxy groups -OCH3 is 1. The molecular formula is C28H30N6O3. The third kappa shape index (κ3) is 3.86. The fourth-order valence-corrected chi connectivity index (χ4v) is 5.38. The number of fused-ring (bicyclic) bond motifs is 3. The van der Waals surface area contributed by atoms with Crippen molar-refractivity contribution in [1.29, 1.82) is 0 Å². The molecule has 0 unspecified atom stereocenters. The Morgan fingerprint density at radius 1 is 0.919 bits per heavy atom.